The summed E-state index contributed by atoms with van der Waals surface area (Å²) in [6.45, 7) is 9.72. The molecule has 0 aromatic heterocycles. The van der Waals surface area contributed by atoms with Crippen LogP contribution >= 0.6 is 0 Å². The molecule has 1 amide bonds. The lowest BCUT2D eigenvalue weighted by Crippen LogP contribution is -2.48. The van der Waals surface area contributed by atoms with Crippen molar-refractivity contribution in [3.05, 3.63) is 0 Å². The van der Waals surface area contributed by atoms with Gasteiger partial charge in [-0.05, 0) is 64.1 Å². The van der Waals surface area contributed by atoms with Gasteiger partial charge in [-0.1, -0.05) is 13.3 Å². The first-order chi connectivity index (χ1) is 10.7. The van der Waals surface area contributed by atoms with E-state index in [0.29, 0.717) is 24.4 Å². The average molecular weight is 307 g/mol. The Kier molecular flexibility index (Phi) is 5.75. The Bertz CT molecular complexity index is 367. The highest BCUT2D eigenvalue weighted by Gasteiger charge is 2.30. The SMILES string of the molecule is C[C@@H]1CCCN(C(=O)CN2CCC[C@H]2CN2CCCCC2)C1. The third kappa shape index (κ3) is 4.23. The quantitative estimate of drug-likeness (QED) is 0.796. The first-order valence-electron chi connectivity index (χ1n) is 9.46. The van der Waals surface area contributed by atoms with Crippen molar-refractivity contribution in [1.29, 1.82) is 0 Å². The van der Waals surface area contributed by atoms with Crippen LogP contribution in [0.15, 0.2) is 0 Å². The second kappa shape index (κ2) is 7.78. The molecule has 3 aliphatic heterocycles. The molecule has 0 aromatic carbocycles. The maximum Gasteiger partial charge on any atom is 0.236 e. The van der Waals surface area contributed by atoms with Crippen LogP contribution in [0.3, 0.4) is 0 Å². The molecule has 3 fully saturated rings. The van der Waals surface area contributed by atoms with Crippen LogP contribution in [0.2, 0.25) is 0 Å². The van der Waals surface area contributed by atoms with Crippen molar-refractivity contribution < 1.29 is 4.79 Å². The highest BCUT2D eigenvalue weighted by atomic mass is 16.2. The Balaban J connectivity index is 1.48. The Morgan fingerprint density at radius 2 is 1.73 bits per heavy atom. The molecular weight excluding hydrogens is 274 g/mol. The number of rotatable bonds is 4. The van der Waals surface area contributed by atoms with Crippen LogP contribution < -0.4 is 0 Å². The van der Waals surface area contributed by atoms with Gasteiger partial charge in [0, 0.05) is 25.7 Å². The van der Waals surface area contributed by atoms with E-state index < -0.39 is 0 Å². The van der Waals surface area contributed by atoms with E-state index in [1.165, 1.54) is 64.6 Å². The van der Waals surface area contributed by atoms with Gasteiger partial charge in [0.2, 0.25) is 5.91 Å². The maximum atomic E-state index is 12.6. The summed E-state index contributed by atoms with van der Waals surface area (Å²) >= 11 is 0. The predicted molar refractivity (Wildman–Crippen MR) is 89.9 cm³/mol. The van der Waals surface area contributed by atoms with E-state index in [2.05, 4.69) is 21.6 Å². The summed E-state index contributed by atoms with van der Waals surface area (Å²) in [5, 5.41) is 0. The molecule has 0 N–H and O–H groups in total. The summed E-state index contributed by atoms with van der Waals surface area (Å²) in [7, 11) is 0. The van der Waals surface area contributed by atoms with Crippen molar-refractivity contribution in [3.63, 3.8) is 0 Å². The maximum absolute atomic E-state index is 12.6. The number of piperidine rings is 2. The van der Waals surface area contributed by atoms with E-state index in [9.17, 15) is 4.79 Å². The Hall–Kier alpha value is -0.610. The number of hydrogen-bond donors (Lipinski definition) is 0. The van der Waals surface area contributed by atoms with Gasteiger partial charge in [-0.2, -0.15) is 0 Å². The third-order valence-electron chi connectivity index (χ3n) is 5.76. The fourth-order valence-corrected chi connectivity index (χ4v) is 4.44. The molecule has 126 valence electrons. The molecule has 0 aliphatic carbocycles. The van der Waals surface area contributed by atoms with E-state index in [4.69, 9.17) is 0 Å². The first kappa shape index (κ1) is 16.3. The van der Waals surface area contributed by atoms with Gasteiger partial charge in [0.05, 0.1) is 6.54 Å². The van der Waals surface area contributed by atoms with Gasteiger partial charge in [0.25, 0.3) is 0 Å². The number of carbonyl (C=O) groups excluding carboxylic acids is 1. The Labute approximate surface area is 135 Å². The van der Waals surface area contributed by atoms with Crippen LogP contribution in [0, 0.1) is 5.92 Å². The molecule has 0 spiro atoms. The van der Waals surface area contributed by atoms with Crippen molar-refractivity contribution in [3.8, 4) is 0 Å². The van der Waals surface area contributed by atoms with Gasteiger partial charge in [-0.3, -0.25) is 9.69 Å². The average Bonchev–Trinajstić information content (AvgIpc) is 2.95. The molecule has 3 aliphatic rings. The van der Waals surface area contributed by atoms with Gasteiger partial charge < -0.3 is 9.80 Å². The molecule has 0 saturated carbocycles. The standard InChI is InChI=1S/C18H33N3O/c1-16-7-5-12-21(13-16)18(22)15-20-11-6-8-17(20)14-19-9-3-2-4-10-19/h16-17H,2-15H2,1H3/t16-,17+/m1/s1. The number of hydrogen-bond acceptors (Lipinski definition) is 3. The predicted octanol–water partition coefficient (Wildman–Crippen LogP) is 2.20. The number of amides is 1. The summed E-state index contributed by atoms with van der Waals surface area (Å²) in [5.74, 6) is 1.05. The minimum atomic E-state index is 0.372. The number of carbonyl (C=O) groups is 1. The zero-order valence-electron chi connectivity index (χ0n) is 14.3. The highest BCUT2D eigenvalue weighted by molar-refractivity contribution is 5.78. The molecule has 4 nitrogen and oxygen atoms in total. The lowest BCUT2D eigenvalue weighted by Gasteiger charge is -2.35. The van der Waals surface area contributed by atoms with Gasteiger partial charge in [-0.15, -0.1) is 0 Å². The molecule has 0 bridgehead atoms. The molecule has 3 heterocycles. The molecule has 3 saturated heterocycles. The minimum Gasteiger partial charge on any atom is -0.341 e. The molecule has 0 unspecified atom stereocenters. The monoisotopic (exact) mass is 307 g/mol. The second-order valence-electron chi connectivity index (χ2n) is 7.71. The highest BCUT2D eigenvalue weighted by Crippen LogP contribution is 2.21. The molecule has 4 heteroatoms. The summed E-state index contributed by atoms with van der Waals surface area (Å²) < 4.78 is 0. The smallest absolute Gasteiger partial charge is 0.236 e. The van der Waals surface area contributed by atoms with Crippen LogP contribution in [0.1, 0.15) is 51.9 Å². The topological polar surface area (TPSA) is 26.8 Å². The molecule has 2 atom stereocenters. The van der Waals surface area contributed by atoms with E-state index in [1.807, 2.05) is 0 Å². The van der Waals surface area contributed by atoms with Crippen LogP contribution in [0.25, 0.3) is 0 Å². The summed E-state index contributed by atoms with van der Waals surface area (Å²) in [4.78, 5) is 19.8. The lowest BCUT2D eigenvalue weighted by atomic mass is 10.0. The fourth-order valence-electron chi connectivity index (χ4n) is 4.44. The summed E-state index contributed by atoms with van der Waals surface area (Å²) in [5.41, 5.74) is 0. The second-order valence-corrected chi connectivity index (χ2v) is 7.71. The van der Waals surface area contributed by atoms with Crippen molar-refractivity contribution in [2.75, 3.05) is 45.8 Å². The molecular formula is C18H33N3O. The molecule has 22 heavy (non-hydrogen) atoms. The van der Waals surface area contributed by atoms with E-state index in [-0.39, 0.29) is 0 Å². The molecule has 0 radical (unpaired) electrons. The van der Waals surface area contributed by atoms with Crippen LogP contribution in [0.5, 0.6) is 0 Å². The first-order valence-corrected chi connectivity index (χ1v) is 9.46. The third-order valence-corrected chi connectivity index (χ3v) is 5.76. The van der Waals surface area contributed by atoms with Gasteiger partial charge in [0.1, 0.15) is 0 Å². The number of nitrogens with zero attached hydrogens (tertiary/aromatic N) is 3. The van der Waals surface area contributed by atoms with Crippen LogP contribution in [-0.4, -0.2) is 72.5 Å². The zero-order valence-corrected chi connectivity index (χ0v) is 14.3. The largest absolute Gasteiger partial charge is 0.341 e. The van der Waals surface area contributed by atoms with Gasteiger partial charge in [-0.25, -0.2) is 0 Å². The summed E-state index contributed by atoms with van der Waals surface area (Å²) in [6.07, 6.45) is 9.13. The van der Waals surface area contributed by atoms with Crippen LogP contribution in [0.4, 0.5) is 0 Å². The fraction of sp³-hybridized carbons (Fsp3) is 0.944. The summed E-state index contributed by atoms with van der Waals surface area (Å²) in [6, 6.07) is 0.615. The Morgan fingerprint density at radius 3 is 2.50 bits per heavy atom. The van der Waals surface area contributed by atoms with E-state index in [0.717, 1.165) is 19.6 Å². The van der Waals surface area contributed by atoms with Crippen LogP contribution in [-0.2, 0) is 4.79 Å². The van der Waals surface area contributed by atoms with Crippen molar-refractivity contribution in [2.24, 2.45) is 5.92 Å². The normalized spacial score (nSPS) is 31.6. The molecule has 3 rings (SSSR count). The van der Waals surface area contributed by atoms with Crippen molar-refractivity contribution in [2.45, 2.75) is 57.9 Å². The van der Waals surface area contributed by atoms with Crippen molar-refractivity contribution in [1.82, 2.24) is 14.7 Å². The van der Waals surface area contributed by atoms with E-state index >= 15 is 0 Å². The van der Waals surface area contributed by atoms with Gasteiger partial charge >= 0.3 is 0 Å². The number of likely N-dealkylation sites (tertiary alicyclic amines) is 3. The Morgan fingerprint density at radius 1 is 0.955 bits per heavy atom. The van der Waals surface area contributed by atoms with Crippen molar-refractivity contribution >= 4 is 5.91 Å². The lowest BCUT2D eigenvalue weighted by molar-refractivity contribution is -0.134. The van der Waals surface area contributed by atoms with Gasteiger partial charge in [0.15, 0.2) is 0 Å². The zero-order chi connectivity index (χ0) is 15.4. The minimum absolute atomic E-state index is 0.372. The molecule has 0 aromatic rings. The van der Waals surface area contributed by atoms with E-state index in [1.54, 1.807) is 0 Å².